The summed E-state index contributed by atoms with van der Waals surface area (Å²) in [5, 5.41) is 6.27. The van der Waals surface area contributed by atoms with Gasteiger partial charge in [-0.1, -0.05) is 36.5 Å². The molecule has 0 aliphatic carbocycles. The van der Waals surface area contributed by atoms with Crippen LogP contribution in [0.1, 0.15) is 36.5 Å². The zero-order valence-electron chi connectivity index (χ0n) is 14.6. The van der Waals surface area contributed by atoms with Crippen LogP contribution in [-0.4, -0.2) is 18.9 Å². The minimum atomic E-state index is -0.390. The Labute approximate surface area is 162 Å². The molecule has 2 N–H and O–H groups in total. The average molecular weight is 395 g/mol. The second kappa shape index (κ2) is 9.46. The predicted molar refractivity (Wildman–Crippen MR) is 106 cm³/mol. The third-order valence-corrected chi connectivity index (χ3v) is 4.23. The summed E-state index contributed by atoms with van der Waals surface area (Å²) in [6.07, 6.45) is 2.22. The van der Waals surface area contributed by atoms with Gasteiger partial charge >= 0.3 is 0 Å². The van der Waals surface area contributed by atoms with Crippen LogP contribution in [0.4, 0.5) is 11.4 Å². The van der Waals surface area contributed by atoms with Gasteiger partial charge in [0.25, 0.3) is 5.91 Å². The maximum absolute atomic E-state index is 12.4. The first-order valence-electron chi connectivity index (χ1n) is 8.19. The van der Waals surface area contributed by atoms with Crippen molar-refractivity contribution in [1.82, 2.24) is 0 Å². The van der Waals surface area contributed by atoms with Crippen LogP contribution in [0, 0.1) is 0 Å². The van der Waals surface area contributed by atoms with Gasteiger partial charge in [-0.25, -0.2) is 0 Å². The quantitative estimate of drug-likeness (QED) is 0.661. The summed E-state index contributed by atoms with van der Waals surface area (Å²) in [4.78, 5) is 24.3. The van der Waals surface area contributed by atoms with Crippen molar-refractivity contribution >= 4 is 46.4 Å². The molecule has 2 aromatic carbocycles. The minimum absolute atomic E-state index is 0.0763. The third kappa shape index (κ3) is 5.38. The Morgan fingerprint density at radius 2 is 1.85 bits per heavy atom. The lowest BCUT2D eigenvalue weighted by atomic mass is 10.2. The highest BCUT2D eigenvalue weighted by atomic mass is 35.5. The van der Waals surface area contributed by atoms with E-state index in [4.69, 9.17) is 27.9 Å². The summed E-state index contributed by atoms with van der Waals surface area (Å²) < 4.78 is 5.31. The maximum atomic E-state index is 12.4. The van der Waals surface area contributed by atoms with Crippen LogP contribution >= 0.6 is 23.2 Å². The fourth-order valence-electron chi connectivity index (χ4n) is 2.29. The minimum Gasteiger partial charge on any atom is -0.494 e. The van der Waals surface area contributed by atoms with Crippen molar-refractivity contribution < 1.29 is 14.3 Å². The van der Waals surface area contributed by atoms with E-state index in [1.54, 1.807) is 30.3 Å². The normalized spacial score (nSPS) is 10.3. The molecule has 2 aromatic rings. The number of unbranched alkanes of at least 4 members (excludes halogenated alkanes) is 1. The zero-order chi connectivity index (χ0) is 19.1. The summed E-state index contributed by atoms with van der Waals surface area (Å²) in [7, 11) is 1.50. The van der Waals surface area contributed by atoms with Gasteiger partial charge in [-0.15, -0.1) is 0 Å². The summed E-state index contributed by atoms with van der Waals surface area (Å²) in [5.41, 5.74) is 1.33. The van der Waals surface area contributed by atoms with Gasteiger partial charge in [-0.05, 0) is 36.8 Å². The van der Waals surface area contributed by atoms with Gasteiger partial charge in [0.05, 0.1) is 23.4 Å². The van der Waals surface area contributed by atoms with Gasteiger partial charge in [0.15, 0.2) is 0 Å². The molecule has 0 aliphatic heterocycles. The van der Waals surface area contributed by atoms with E-state index in [0.29, 0.717) is 33.6 Å². The Morgan fingerprint density at radius 3 is 2.54 bits per heavy atom. The van der Waals surface area contributed by atoms with Gasteiger partial charge in [-0.2, -0.15) is 0 Å². The van der Waals surface area contributed by atoms with Gasteiger partial charge in [0.2, 0.25) is 5.91 Å². The second-order valence-electron chi connectivity index (χ2n) is 5.65. The number of anilines is 2. The smallest absolute Gasteiger partial charge is 0.257 e. The molecule has 2 amide bonds. The number of methoxy groups -OCH3 is 1. The molecule has 0 unspecified atom stereocenters. The molecule has 5 nitrogen and oxygen atoms in total. The number of carbonyl (C=O) groups excluding carboxylic acids is 2. The Morgan fingerprint density at radius 1 is 1.08 bits per heavy atom. The molecule has 0 aliphatic rings. The number of hydrogen-bond donors (Lipinski definition) is 2. The molecule has 0 spiro atoms. The first-order valence-corrected chi connectivity index (χ1v) is 8.94. The Balaban J connectivity index is 2.14. The van der Waals surface area contributed by atoms with Crippen molar-refractivity contribution in [2.45, 2.75) is 26.2 Å². The fourth-order valence-corrected chi connectivity index (χ4v) is 2.67. The van der Waals surface area contributed by atoms with Crippen LogP contribution in [0.15, 0.2) is 36.4 Å². The number of rotatable bonds is 7. The number of benzene rings is 2. The van der Waals surface area contributed by atoms with Crippen molar-refractivity contribution in [2.75, 3.05) is 17.7 Å². The van der Waals surface area contributed by atoms with E-state index in [0.717, 1.165) is 12.8 Å². The van der Waals surface area contributed by atoms with Crippen LogP contribution in [0.25, 0.3) is 0 Å². The summed E-state index contributed by atoms with van der Waals surface area (Å²) in [6.45, 7) is 2.03. The first kappa shape index (κ1) is 20.1. The molecule has 0 atom stereocenters. The lowest BCUT2D eigenvalue weighted by Crippen LogP contribution is -2.14. The molecular weight excluding hydrogens is 375 g/mol. The molecular formula is C19H20Cl2N2O3. The lowest BCUT2D eigenvalue weighted by Gasteiger charge is -2.13. The molecule has 0 heterocycles. The van der Waals surface area contributed by atoms with E-state index < -0.39 is 0 Å². The molecule has 0 aromatic heterocycles. The van der Waals surface area contributed by atoms with E-state index in [1.165, 1.54) is 13.2 Å². The Bertz CT molecular complexity index is 809. The van der Waals surface area contributed by atoms with Crippen molar-refractivity contribution in [3.8, 4) is 5.75 Å². The van der Waals surface area contributed by atoms with E-state index >= 15 is 0 Å². The SMILES string of the molecule is CCCCC(=O)Nc1ccc(NC(=O)c2cc(Cl)ccc2Cl)cc1OC. The first-order chi connectivity index (χ1) is 12.4. The van der Waals surface area contributed by atoms with Gasteiger partial charge in [0.1, 0.15) is 5.75 Å². The van der Waals surface area contributed by atoms with Gasteiger partial charge < -0.3 is 15.4 Å². The highest BCUT2D eigenvalue weighted by Crippen LogP contribution is 2.29. The number of nitrogens with one attached hydrogen (secondary N) is 2. The molecule has 0 radical (unpaired) electrons. The molecule has 7 heteroatoms. The fraction of sp³-hybridized carbons (Fsp3) is 0.263. The van der Waals surface area contributed by atoms with E-state index in [1.807, 2.05) is 6.92 Å². The molecule has 138 valence electrons. The van der Waals surface area contributed by atoms with Gasteiger partial charge in [-0.3, -0.25) is 9.59 Å². The van der Waals surface area contributed by atoms with E-state index in [9.17, 15) is 9.59 Å². The maximum Gasteiger partial charge on any atom is 0.257 e. The number of hydrogen-bond acceptors (Lipinski definition) is 3. The Hall–Kier alpha value is -2.24. The van der Waals surface area contributed by atoms with E-state index in [-0.39, 0.29) is 17.4 Å². The van der Waals surface area contributed by atoms with Crippen LogP contribution in [0.2, 0.25) is 10.0 Å². The molecule has 0 saturated carbocycles. The largest absolute Gasteiger partial charge is 0.494 e. The molecule has 0 saturated heterocycles. The summed E-state index contributed by atoms with van der Waals surface area (Å²) in [6, 6.07) is 9.66. The average Bonchev–Trinajstić information content (AvgIpc) is 2.63. The van der Waals surface area contributed by atoms with Crippen LogP contribution in [0.3, 0.4) is 0 Å². The highest BCUT2D eigenvalue weighted by Gasteiger charge is 2.13. The van der Waals surface area contributed by atoms with Crippen molar-refractivity contribution in [3.05, 3.63) is 52.0 Å². The Kier molecular flexibility index (Phi) is 7.30. The molecule has 0 fully saturated rings. The second-order valence-corrected chi connectivity index (χ2v) is 6.49. The standard InChI is InChI=1S/C19H20Cl2N2O3/c1-3-4-5-18(24)23-16-9-7-13(11-17(16)26-2)22-19(25)14-10-12(20)6-8-15(14)21/h6-11H,3-5H2,1-2H3,(H,22,25)(H,23,24). The number of amides is 2. The number of halogens is 2. The van der Waals surface area contributed by atoms with Crippen molar-refractivity contribution in [2.24, 2.45) is 0 Å². The summed E-state index contributed by atoms with van der Waals surface area (Å²) in [5.74, 6) is -0.0169. The van der Waals surface area contributed by atoms with Crippen molar-refractivity contribution in [3.63, 3.8) is 0 Å². The zero-order valence-corrected chi connectivity index (χ0v) is 16.1. The van der Waals surface area contributed by atoms with Gasteiger partial charge in [0, 0.05) is 23.2 Å². The predicted octanol–water partition coefficient (Wildman–Crippen LogP) is 5.38. The van der Waals surface area contributed by atoms with Crippen LogP contribution in [-0.2, 0) is 4.79 Å². The molecule has 0 bridgehead atoms. The molecule has 26 heavy (non-hydrogen) atoms. The van der Waals surface area contributed by atoms with E-state index in [2.05, 4.69) is 10.6 Å². The lowest BCUT2D eigenvalue weighted by molar-refractivity contribution is -0.116. The number of ether oxygens (including phenoxy) is 1. The number of carbonyl (C=O) groups is 2. The topological polar surface area (TPSA) is 67.4 Å². The monoisotopic (exact) mass is 394 g/mol. The van der Waals surface area contributed by atoms with Crippen LogP contribution in [0.5, 0.6) is 5.75 Å². The third-order valence-electron chi connectivity index (χ3n) is 3.66. The van der Waals surface area contributed by atoms with Crippen LogP contribution < -0.4 is 15.4 Å². The summed E-state index contributed by atoms with van der Waals surface area (Å²) >= 11 is 12.0. The van der Waals surface area contributed by atoms with Crippen molar-refractivity contribution in [1.29, 1.82) is 0 Å². The molecule has 2 rings (SSSR count). The highest BCUT2D eigenvalue weighted by molar-refractivity contribution is 6.36.